The molecule has 18 heavy (non-hydrogen) atoms. The van der Waals surface area contributed by atoms with Crippen molar-refractivity contribution in [2.75, 3.05) is 7.11 Å². The molecule has 0 aliphatic heterocycles. The van der Waals surface area contributed by atoms with Crippen molar-refractivity contribution < 1.29 is 14.9 Å². The minimum Gasteiger partial charge on any atom is -0.508 e. The van der Waals surface area contributed by atoms with Gasteiger partial charge in [-0.2, -0.15) is 0 Å². The second-order valence-electron chi connectivity index (χ2n) is 3.63. The van der Waals surface area contributed by atoms with Crippen molar-refractivity contribution in [1.82, 2.24) is 14.6 Å². The molecule has 0 amide bonds. The molecular formula is C11H9N3O3S. The van der Waals surface area contributed by atoms with Gasteiger partial charge in [0.1, 0.15) is 11.5 Å². The molecule has 0 aliphatic rings. The summed E-state index contributed by atoms with van der Waals surface area (Å²) in [5, 5.41) is 23.7. The van der Waals surface area contributed by atoms with Gasteiger partial charge in [-0.05, 0) is 23.5 Å². The zero-order chi connectivity index (χ0) is 12.7. The summed E-state index contributed by atoms with van der Waals surface area (Å²) in [4.78, 5) is 5.01. The third-order valence-corrected chi connectivity index (χ3v) is 3.34. The molecular weight excluding hydrogens is 254 g/mol. The van der Waals surface area contributed by atoms with Crippen molar-refractivity contribution in [2.45, 2.75) is 0 Å². The Kier molecular flexibility index (Phi) is 2.34. The van der Waals surface area contributed by atoms with Crippen molar-refractivity contribution in [3.05, 3.63) is 24.4 Å². The lowest BCUT2D eigenvalue weighted by Gasteiger charge is -2.00. The standard InChI is InChI=1S/C11H9N3O3S/c1-17-11-13-14-5-8(12-10(14)18-11)7-3-2-6(15)4-9(7)16/h2-5,15-16H,1H3. The Morgan fingerprint density at radius 2 is 2.17 bits per heavy atom. The number of nitrogens with zero attached hydrogens (tertiary/aromatic N) is 3. The number of aromatic nitrogens is 3. The highest BCUT2D eigenvalue weighted by Crippen LogP contribution is 2.32. The van der Waals surface area contributed by atoms with Crippen LogP contribution >= 0.6 is 11.3 Å². The molecule has 2 N–H and O–H groups in total. The Hall–Kier alpha value is -2.28. The van der Waals surface area contributed by atoms with E-state index in [1.165, 1.54) is 23.5 Å². The molecule has 7 heteroatoms. The second kappa shape index (κ2) is 3.88. The summed E-state index contributed by atoms with van der Waals surface area (Å²) >= 11 is 1.31. The van der Waals surface area contributed by atoms with E-state index in [0.717, 1.165) is 0 Å². The fraction of sp³-hybridized carbons (Fsp3) is 0.0909. The van der Waals surface area contributed by atoms with Crippen LogP contribution in [0.25, 0.3) is 16.2 Å². The zero-order valence-corrected chi connectivity index (χ0v) is 10.2. The number of hydrogen-bond acceptors (Lipinski definition) is 6. The van der Waals surface area contributed by atoms with Crippen LogP contribution in [0.1, 0.15) is 0 Å². The lowest BCUT2D eigenvalue weighted by molar-refractivity contribution is 0.405. The average Bonchev–Trinajstić information content (AvgIpc) is 2.86. The van der Waals surface area contributed by atoms with Gasteiger partial charge in [-0.3, -0.25) is 0 Å². The van der Waals surface area contributed by atoms with Gasteiger partial charge < -0.3 is 14.9 Å². The van der Waals surface area contributed by atoms with E-state index < -0.39 is 0 Å². The predicted molar refractivity (Wildman–Crippen MR) is 66.2 cm³/mol. The van der Waals surface area contributed by atoms with Crippen LogP contribution in [0.15, 0.2) is 24.4 Å². The van der Waals surface area contributed by atoms with E-state index in [0.29, 0.717) is 21.4 Å². The monoisotopic (exact) mass is 263 g/mol. The molecule has 0 saturated heterocycles. The summed E-state index contributed by atoms with van der Waals surface area (Å²) in [7, 11) is 1.55. The summed E-state index contributed by atoms with van der Waals surface area (Å²) in [6.07, 6.45) is 1.69. The Morgan fingerprint density at radius 3 is 2.83 bits per heavy atom. The molecule has 3 aromatic rings. The van der Waals surface area contributed by atoms with Crippen molar-refractivity contribution in [3.63, 3.8) is 0 Å². The lowest BCUT2D eigenvalue weighted by Crippen LogP contribution is -1.84. The number of benzene rings is 1. The molecule has 0 radical (unpaired) electrons. The van der Waals surface area contributed by atoms with E-state index in [-0.39, 0.29) is 11.5 Å². The van der Waals surface area contributed by atoms with Crippen molar-refractivity contribution >= 4 is 16.3 Å². The molecule has 0 aliphatic carbocycles. The SMILES string of the molecule is COc1nn2cc(-c3ccc(O)cc3O)nc2s1. The number of phenolic OH excluding ortho intramolecular Hbond substituents is 2. The van der Waals surface area contributed by atoms with Crippen LogP contribution in [0.4, 0.5) is 0 Å². The molecule has 0 unspecified atom stereocenters. The van der Waals surface area contributed by atoms with Gasteiger partial charge in [0.15, 0.2) is 0 Å². The molecule has 1 aromatic carbocycles. The Labute approximate surface area is 106 Å². The maximum Gasteiger partial charge on any atom is 0.294 e. The normalized spacial score (nSPS) is 10.9. The average molecular weight is 263 g/mol. The molecule has 0 atom stereocenters. The Bertz CT molecular complexity index is 688. The largest absolute Gasteiger partial charge is 0.508 e. The summed E-state index contributed by atoms with van der Waals surface area (Å²) in [6.45, 7) is 0. The molecule has 0 saturated carbocycles. The quantitative estimate of drug-likeness (QED) is 0.738. The fourth-order valence-electron chi connectivity index (χ4n) is 1.63. The van der Waals surface area contributed by atoms with Crippen LogP contribution < -0.4 is 4.74 Å². The third-order valence-electron chi connectivity index (χ3n) is 2.46. The van der Waals surface area contributed by atoms with Gasteiger partial charge in [-0.1, -0.05) is 0 Å². The Balaban J connectivity index is 2.10. The molecule has 92 valence electrons. The van der Waals surface area contributed by atoms with Crippen LogP contribution in [-0.2, 0) is 0 Å². The topological polar surface area (TPSA) is 79.9 Å². The summed E-state index contributed by atoms with van der Waals surface area (Å²) < 4.78 is 6.60. The van der Waals surface area contributed by atoms with E-state index in [2.05, 4.69) is 10.1 Å². The molecule has 2 heterocycles. The molecule has 0 spiro atoms. The van der Waals surface area contributed by atoms with Crippen LogP contribution in [0.3, 0.4) is 0 Å². The van der Waals surface area contributed by atoms with E-state index in [4.69, 9.17) is 4.74 Å². The number of aromatic hydroxyl groups is 2. The molecule has 0 fully saturated rings. The summed E-state index contributed by atoms with van der Waals surface area (Å²) in [6, 6.07) is 4.38. The van der Waals surface area contributed by atoms with Crippen LogP contribution in [-0.4, -0.2) is 31.9 Å². The van der Waals surface area contributed by atoms with Gasteiger partial charge in [-0.15, -0.1) is 5.10 Å². The van der Waals surface area contributed by atoms with Crippen molar-refractivity contribution in [3.8, 4) is 28.0 Å². The van der Waals surface area contributed by atoms with Crippen molar-refractivity contribution in [1.29, 1.82) is 0 Å². The number of imidazole rings is 1. The van der Waals surface area contributed by atoms with Gasteiger partial charge in [0.25, 0.3) is 5.19 Å². The van der Waals surface area contributed by atoms with E-state index >= 15 is 0 Å². The van der Waals surface area contributed by atoms with Crippen molar-refractivity contribution in [2.24, 2.45) is 0 Å². The van der Waals surface area contributed by atoms with E-state index in [9.17, 15) is 10.2 Å². The first-order valence-corrected chi connectivity index (χ1v) is 5.91. The van der Waals surface area contributed by atoms with E-state index in [1.54, 1.807) is 23.9 Å². The maximum absolute atomic E-state index is 9.76. The first kappa shape index (κ1) is 10.8. The number of methoxy groups -OCH3 is 1. The van der Waals surface area contributed by atoms with Gasteiger partial charge in [0, 0.05) is 11.6 Å². The first-order chi connectivity index (χ1) is 8.67. The van der Waals surface area contributed by atoms with Gasteiger partial charge >= 0.3 is 0 Å². The smallest absolute Gasteiger partial charge is 0.294 e. The van der Waals surface area contributed by atoms with Gasteiger partial charge in [-0.25, -0.2) is 9.50 Å². The van der Waals surface area contributed by atoms with Crippen LogP contribution in [0.5, 0.6) is 16.7 Å². The number of rotatable bonds is 2. The number of phenols is 2. The van der Waals surface area contributed by atoms with Gasteiger partial charge in [0.2, 0.25) is 4.96 Å². The summed E-state index contributed by atoms with van der Waals surface area (Å²) in [5.41, 5.74) is 1.14. The molecule has 6 nitrogen and oxygen atoms in total. The second-order valence-corrected chi connectivity index (χ2v) is 4.55. The van der Waals surface area contributed by atoms with Crippen LogP contribution in [0.2, 0.25) is 0 Å². The van der Waals surface area contributed by atoms with Gasteiger partial charge in [0.05, 0.1) is 19.0 Å². The summed E-state index contributed by atoms with van der Waals surface area (Å²) in [5.74, 6) is -0.00946. The molecule has 0 bridgehead atoms. The molecule has 2 aromatic heterocycles. The minimum absolute atomic E-state index is 0.0112. The fourth-order valence-corrected chi connectivity index (χ4v) is 2.33. The number of hydrogen-bond donors (Lipinski definition) is 2. The molecule has 3 rings (SSSR count). The zero-order valence-electron chi connectivity index (χ0n) is 9.36. The first-order valence-electron chi connectivity index (χ1n) is 5.10. The van der Waals surface area contributed by atoms with E-state index in [1.807, 2.05) is 0 Å². The number of ether oxygens (including phenoxy) is 1. The lowest BCUT2D eigenvalue weighted by atomic mass is 10.1. The van der Waals surface area contributed by atoms with Crippen LogP contribution in [0, 0.1) is 0 Å². The third kappa shape index (κ3) is 1.65. The highest BCUT2D eigenvalue weighted by molar-refractivity contribution is 7.18. The highest BCUT2D eigenvalue weighted by Gasteiger charge is 2.12. The Morgan fingerprint density at radius 1 is 1.33 bits per heavy atom. The minimum atomic E-state index is -0.0206. The maximum atomic E-state index is 9.76. The highest BCUT2D eigenvalue weighted by atomic mass is 32.1. The number of fused-ring (bicyclic) bond motifs is 1. The predicted octanol–water partition coefficient (Wildman–Crippen LogP) is 1.88.